The van der Waals surface area contributed by atoms with Crippen LogP contribution in [0.25, 0.3) is 0 Å². The van der Waals surface area contributed by atoms with Crippen LogP contribution in [0.5, 0.6) is 11.5 Å². The predicted octanol–water partition coefficient (Wildman–Crippen LogP) is 3.83. The third kappa shape index (κ3) is 6.30. The highest BCUT2D eigenvalue weighted by Crippen LogP contribution is 2.13. The molecule has 0 saturated heterocycles. The van der Waals surface area contributed by atoms with Crippen LogP contribution in [0.3, 0.4) is 0 Å². The van der Waals surface area contributed by atoms with Crippen molar-refractivity contribution in [2.45, 2.75) is 19.6 Å². The van der Waals surface area contributed by atoms with Gasteiger partial charge in [0.1, 0.15) is 11.5 Å². The van der Waals surface area contributed by atoms with Gasteiger partial charge in [0, 0.05) is 13.2 Å². The van der Waals surface area contributed by atoms with Gasteiger partial charge in [-0.25, -0.2) is 0 Å². The molecular weight excluding hydrogens is 292 g/mol. The van der Waals surface area contributed by atoms with Gasteiger partial charge in [-0.05, 0) is 41.8 Å². The van der Waals surface area contributed by atoms with Crippen molar-refractivity contribution in [3.8, 4) is 11.5 Å². The molecule has 0 bridgehead atoms. The van der Waals surface area contributed by atoms with Crippen LogP contribution in [0.15, 0.2) is 48.5 Å². The maximum absolute atomic E-state index is 5.64. The lowest BCUT2D eigenvalue weighted by Crippen LogP contribution is -2.01. The van der Waals surface area contributed by atoms with Crippen LogP contribution in [0.4, 0.5) is 0 Å². The minimum Gasteiger partial charge on any atom is -0.497 e. The molecule has 0 aromatic heterocycles. The van der Waals surface area contributed by atoms with Gasteiger partial charge in [0.05, 0.1) is 27.4 Å². The predicted molar refractivity (Wildman–Crippen MR) is 89.9 cm³/mol. The molecule has 0 heterocycles. The molecule has 0 aliphatic heterocycles. The molecule has 0 amide bonds. The summed E-state index contributed by atoms with van der Waals surface area (Å²) in [5.41, 5.74) is 2.29. The van der Waals surface area contributed by atoms with Crippen molar-refractivity contribution >= 4 is 0 Å². The molecule has 2 aromatic rings. The molecule has 0 aliphatic carbocycles. The number of hydrogen-bond acceptors (Lipinski definition) is 4. The Bertz CT molecular complexity index is 497. The molecule has 2 rings (SSSR count). The lowest BCUT2D eigenvalue weighted by atomic mass is 10.2. The minimum absolute atomic E-state index is 0.614. The third-order valence-electron chi connectivity index (χ3n) is 3.43. The molecule has 4 nitrogen and oxygen atoms in total. The number of ether oxygens (including phenoxy) is 4. The van der Waals surface area contributed by atoms with Gasteiger partial charge in [0.2, 0.25) is 0 Å². The van der Waals surface area contributed by atoms with Crippen LogP contribution in [0, 0.1) is 0 Å². The Labute approximate surface area is 137 Å². The summed E-state index contributed by atoms with van der Waals surface area (Å²) in [4.78, 5) is 0. The topological polar surface area (TPSA) is 36.9 Å². The Morgan fingerprint density at radius 2 is 1.00 bits per heavy atom. The second-order valence-electron chi connectivity index (χ2n) is 5.15. The van der Waals surface area contributed by atoms with E-state index in [1.807, 2.05) is 48.5 Å². The Kier molecular flexibility index (Phi) is 7.43. The molecule has 0 unspecified atom stereocenters. The van der Waals surface area contributed by atoms with Gasteiger partial charge in [-0.2, -0.15) is 0 Å². The van der Waals surface area contributed by atoms with Gasteiger partial charge in [-0.3, -0.25) is 0 Å². The average molecular weight is 316 g/mol. The molecule has 0 radical (unpaired) electrons. The second kappa shape index (κ2) is 9.87. The molecule has 0 N–H and O–H groups in total. The highest BCUT2D eigenvalue weighted by atomic mass is 16.5. The number of methoxy groups -OCH3 is 2. The first kappa shape index (κ1) is 17.3. The van der Waals surface area contributed by atoms with Crippen molar-refractivity contribution in [3.63, 3.8) is 0 Å². The second-order valence-corrected chi connectivity index (χ2v) is 5.15. The number of benzene rings is 2. The van der Waals surface area contributed by atoms with Crippen molar-refractivity contribution in [2.24, 2.45) is 0 Å². The zero-order chi connectivity index (χ0) is 16.3. The minimum atomic E-state index is 0.614. The summed E-state index contributed by atoms with van der Waals surface area (Å²) in [6.07, 6.45) is 0.881. The number of rotatable bonds is 10. The zero-order valence-electron chi connectivity index (χ0n) is 13.8. The van der Waals surface area contributed by atoms with Crippen molar-refractivity contribution in [3.05, 3.63) is 59.7 Å². The van der Waals surface area contributed by atoms with Gasteiger partial charge in [-0.1, -0.05) is 24.3 Å². The SMILES string of the molecule is COc1ccc(COCCCOCc2ccc(OC)cc2)cc1. The summed E-state index contributed by atoms with van der Waals surface area (Å²) < 4.78 is 21.5. The van der Waals surface area contributed by atoms with Crippen molar-refractivity contribution in [2.75, 3.05) is 27.4 Å². The van der Waals surface area contributed by atoms with E-state index >= 15 is 0 Å². The van der Waals surface area contributed by atoms with Gasteiger partial charge in [-0.15, -0.1) is 0 Å². The lowest BCUT2D eigenvalue weighted by molar-refractivity contribution is 0.0695. The third-order valence-corrected chi connectivity index (χ3v) is 3.43. The van der Waals surface area contributed by atoms with Crippen molar-refractivity contribution in [1.29, 1.82) is 0 Å². The Morgan fingerprint density at radius 1 is 0.609 bits per heavy atom. The van der Waals surface area contributed by atoms with E-state index in [1.54, 1.807) is 14.2 Å². The highest BCUT2D eigenvalue weighted by Gasteiger charge is 1.97. The summed E-state index contributed by atoms with van der Waals surface area (Å²) >= 11 is 0. The average Bonchev–Trinajstić information content (AvgIpc) is 2.62. The molecule has 0 atom stereocenters. The largest absolute Gasteiger partial charge is 0.497 e. The van der Waals surface area contributed by atoms with Crippen LogP contribution in [-0.4, -0.2) is 27.4 Å². The first-order valence-electron chi connectivity index (χ1n) is 7.73. The van der Waals surface area contributed by atoms with E-state index in [9.17, 15) is 0 Å². The van der Waals surface area contributed by atoms with Gasteiger partial charge in [0.15, 0.2) is 0 Å². The van der Waals surface area contributed by atoms with Crippen LogP contribution in [0.1, 0.15) is 17.5 Å². The summed E-state index contributed by atoms with van der Waals surface area (Å²) in [6, 6.07) is 15.8. The molecule has 0 aliphatic rings. The Hall–Kier alpha value is -2.04. The molecule has 0 spiro atoms. The van der Waals surface area contributed by atoms with Gasteiger partial charge >= 0.3 is 0 Å². The highest BCUT2D eigenvalue weighted by molar-refractivity contribution is 5.27. The lowest BCUT2D eigenvalue weighted by Gasteiger charge is -2.07. The first-order chi connectivity index (χ1) is 11.3. The summed E-state index contributed by atoms with van der Waals surface area (Å²) in [6.45, 7) is 2.61. The normalized spacial score (nSPS) is 10.5. The van der Waals surface area contributed by atoms with E-state index in [-0.39, 0.29) is 0 Å². The standard InChI is InChI=1S/C19H24O4/c1-20-18-8-4-16(5-9-18)14-22-12-3-13-23-15-17-6-10-19(21-2)11-7-17/h4-11H,3,12-15H2,1-2H3. The smallest absolute Gasteiger partial charge is 0.118 e. The molecule has 2 aromatic carbocycles. The molecule has 124 valence electrons. The van der Waals surface area contributed by atoms with Crippen molar-refractivity contribution in [1.82, 2.24) is 0 Å². The van der Waals surface area contributed by atoms with Crippen LogP contribution >= 0.6 is 0 Å². The summed E-state index contributed by atoms with van der Waals surface area (Å²) in [5.74, 6) is 1.72. The quantitative estimate of drug-likeness (QED) is 0.624. The molecule has 0 fully saturated rings. The van der Waals surface area contributed by atoms with Gasteiger partial charge in [0.25, 0.3) is 0 Å². The maximum Gasteiger partial charge on any atom is 0.118 e. The fraction of sp³-hybridized carbons (Fsp3) is 0.368. The Morgan fingerprint density at radius 3 is 1.35 bits per heavy atom. The molecular formula is C19H24O4. The Balaban J connectivity index is 1.53. The van der Waals surface area contributed by atoms with Crippen molar-refractivity contribution < 1.29 is 18.9 Å². The maximum atomic E-state index is 5.64. The summed E-state index contributed by atoms with van der Waals surface area (Å²) in [7, 11) is 3.33. The number of hydrogen-bond donors (Lipinski definition) is 0. The van der Waals surface area contributed by atoms with E-state index < -0.39 is 0 Å². The van der Waals surface area contributed by atoms with Crippen LogP contribution in [0.2, 0.25) is 0 Å². The molecule has 4 heteroatoms. The monoisotopic (exact) mass is 316 g/mol. The first-order valence-corrected chi connectivity index (χ1v) is 7.73. The fourth-order valence-corrected chi connectivity index (χ4v) is 2.09. The van der Waals surface area contributed by atoms with Crippen LogP contribution in [-0.2, 0) is 22.7 Å². The fourth-order valence-electron chi connectivity index (χ4n) is 2.09. The van der Waals surface area contributed by atoms with E-state index in [0.29, 0.717) is 26.4 Å². The molecule has 23 heavy (non-hydrogen) atoms. The van der Waals surface area contributed by atoms with E-state index in [0.717, 1.165) is 29.0 Å². The van der Waals surface area contributed by atoms with Gasteiger partial charge < -0.3 is 18.9 Å². The van der Waals surface area contributed by atoms with Crippen LogP contribution < -0.4 is 9.47 Å². The van der Waals surface area contributed by atoms with E-state index in [4.69, 9.17) is 18.9 Å². The summed E-state index contributed by atoms with van der Waals surface area (Å²) in [5, 5.41) is 0. The van der Waals surface area contributed by atoms with E-state index in [1.165, 1.54) is 0 Å². The molecule has 0 saturated carbocycles. The van der Waals surface area contributed by atoms with E-state index in [2.05, 4.69) is 0 Å². The zero-order valence-corrected chi connectivity index (χ0v) is 13.8.